The fraction of sp³-hybridized carbons (Fsp3) is 0.111. The molecule has 0 aliphatic carbocycles. The van der Waals surface area contributed by atoms with Crippen molar-refractivity contribution in [2.45, 2.75) is 0 Å². The predicted octanol–water partition coefficient (Wildman–Crippen LogP) is 3.88. The second-order valence-corrected chi connectivity index (χ2v) is 6.43. The monoisotopic (exact) mass is 447 g/mol. The lowest BCUT2D eigenvalue weighted by Gasteiger charge is -2.08. The van der Waals surface area contributed by atoms with Crippen molar-refractivity contribution in [1.82, 2.24) is 5.43 Å². The third-order valence-corrected chi connectivity index (χ3v) is 4.29. The van der Waals surface area contributed by atoms with E-state index in [1.807, 2.05) is 6.07 Å². The van der Waals surface area contributed by atoms with Gasteiger partial charge in [-0.15, -0.1) is 0 Å². The van der Waals surface area contributed by atoms with Crippen molar-refractivity contribution >= 4 is 44.7 Å². The molecule has 1 N–H and O–H groups in total. The number of carbonyl (C=O) groups excluding carboxylic acids is 1. The molecule has 3 aromatic rings. The molecule has 0 aliphatic rings. The Morgan fingerprint density at radius 2 is 1.96 bits per heavy atom. The Hall–Kier alpha value is -3.40. The zero-order valence-corrected chi connectivity index (χ0v) is 16.3. The van der Waals surface area contributed by atoms with Gasteiger partial charge in [-0.2, -0.15) is 5.10 Å². The van der Waals surface area contributed by atoms with Crippen LogP contribution in [-0.4, -0.2) is 31.3 Å². The number of halogens is 1. The van der Waals surface area contributed by atoms with Crippen LogP contribution in [0.1, 0.15) is 16.1 Å². The molecule has 1 amide bonds. The standard InChI is InChI=1S/C18H14BrN3O6/c1-26-15-8-16(27-2)13(22(24)25)6-11(15)9-20-21-18(23)17-7-10-5-12(19)3-4-14(10)28-17/h3-9H,1-2H3,(H,21,23)/b20-9+. The SMILES string of the molecule is COc1cc(OC)c([N+](=O)[O-])cc1/C=N/NC(=O)c1cc2cc(Br)ccc2o1. The van der Waals surface area contributed by atoms with Crippen LogP contribution in [0.2, 0.25) is 0 Å². The van der Waals surface area contributed by atoms with Gasteiger partial charge in [-0.3, -0.25) is 14.9 Å². The van der Waals surface area contributed by atoms with Crippen molar-refractivity contribution in [3.8, 4) is 11.5 Å². The second kappa shape index (κ2) is 8.09. The van der Waals surface area contributed by atoms with E-state index in [1.54, 1.807) is 18.2 Å². The number of carbonyl (C=O) groups is 1. The topological polar surface area (TPSA) is 116 Å². The Labute approximate surface area is 167 Å². The molecule has 0 atom stereocenters. The number of benzene rings is 2. The van der Waals surface area contributed by atoms with Crippen LogP contribution in [0.15, 0.2) is 50.4 Å². The molecule has 144 valence electrons. The minimum Gasteiger partial charge on any atom is -0.496 e. The van der Waals surface area contributed by atoms with E-state index in [0.29, 0.717) is 16.9 Å². The van der Waals surface area contributed by atoms with E-state index in [9.17, 15) is 14.9 Å². The van der Waals surface area contributed by atoms with Crippen molar-refractivity contribution in [3.63, 3.8) is 0 Å². The number of methoxy groups -OCH3 is 2. The van der Waals surface area contributed by atoms with Gasteiger partial charge in [-0.1, -0.05) is 15.9 Å². The van der Waals surface area contributed by atoms with Gasteiger partial charge in [-0.25, -0.2) is 5.43 Å². The highest BCUT2D eigenvalue weighted by Gasteiger charge is 2.19. The first-order valence-corrected chi connectivity index (χ1v) is 8.65. The normalized spacial score (nSPS) is 11.0. The largest absolute Gasteiger partial charge is 0.496 e. The molecule has 0 saturated heterocycles. The van der Waals surface area contributed by atoms with Crippen LogP contribution in [-0.2, 0) is 0 Å². The quantitative estimate of drug-likeness (QED) is 0.348. The Morgan fingerprint density at radius 3 is 2.64 bits per heavy atom. The van der Waals surface area contributed by atoms with Crippen molar-refractivity contribution in [2.75, 3.05) is 14.2 Å². The number of nitrogens with one attached hydrogen (secondary N) is 1. The van der Waals surface area contributed by atoms with Gasteiger partial charge in [-0.05, 0) is 24.3 Å². The summed E-state index contributed by atoms with van der Waals surface area (Å²) in [6.45, 7) is 0. The van der Waals surface area contributed by atoms with E-state index in [1.165, 1.54) is 32.6 Å². The molecule has 3 rings (SSSR count). The van der Waals surface area contributed by atoms with Crippen LogP contribution in [0.25, 0.3) is 11.0 Å². The number of rotatable bonds is 6. The fourth-order valence-electron chi connectivity index (χ4n) is 2.49. The lowest BCUT2D eigenvalue weighted by molar-refractivity contribution is -0.385. The Bertz CT molecular complexity index is 1090. The van der Waals surface area contributed by atoms with Crippen molar-refractivity contribution in [2.24, 2.45) is 5.10 Å². The van der Waals surface area contributed by atoms with Crippen LogP contribution in [0.3, 0.4) is 0 Å². The maximum absolute atomic E-state index is 12.2. The first kappa shape index (κ1) is 19.4. The number of hydrogen-bond acceptors (Lipinski definition) is 7. The fourth-order valence-corrected chi connectivity index (χ4v) is 2.87. The molecule has 9 nitrogen and oxygen atoms in total. The summed E-state index contributed by atoms with van der Waals surface area (Å²) < 4.78 is 16.5. The maximum Gasteiger partial charge on any atom is 0.311 e. The van der Waals surface area contributed by atoms with E-state index in [0.717, 1.165) is 9.86 Å². The third kappa shape index (κ3) is 3.96. The molecule has 0 saturated carbocycles. The molecular weight excluding hydrogens is 434 g/mol. The summed E-state index contributed by atoms with van der Waals surface area (Å²) in [5.41, 5.74) is 2.92. The number of amides is 1. The van der Waals surface area contributed by atoms with Crippen LogP contribution < -0.4 is 14.9 Å². The molecule has 0 bridgehead atoms. The number of hydrogen-bond donors (Lipinski definition) is 1. The summed E-state index contributed by atoms with van der Waals surface area (Å²) >= 11 is 3.35. The molecule has 1 heterocycles. The minimum absolute atomic E-state index is 0.0523. The molecule has 0 aliphatic heterocycles. The van der Waals surface area contributed by atoms with E-state index in [2.05, 4.69) is 26.5 Å². The van der Waals surface area contributed by atoms with Crippen LogP contribution in [0.4, 0.5) is 5.69 Å². The molecule has 2 aromatic carbocycles. The summed E-state index contributed by atoms with van der Waals surface area (Å²) in [4.78, 5) is 22.8. The number of fused-ring (bicyclic) bond motifs is 1. The number of nitrogens with zero attached hydrogens (tertiary/aromatic N) is 2. The van der Waals surface area contributed by atoms with Gasteiger partial charge in [0, 0.05) is 27.6 Å². The van der Waals surface area contributed by atoms with E-state index in [4.69, 9.17) is 13.9 Å². The second-order valence-electron chi connectivity index (χ2n) is 5.52. The van der Waals surface area contributed by atoms with Gasteiger partial charge in [0.05, 0.1) is 25.4 Å². The first-order chi connectivity index (χ1) is 13.4. The average Bonchev–Trinajstić information content (AvgIpc) is 3.10. The molecule has 0 radical (unpaired) electrons. The molecule has 28 heavy (non-hydrogen) atoms. The van der Waals surface area contributed by atoms with Gasteiger partial charge in [0.25, 0.3) is 0 Å². The Kier molecular flexibility index (Phi) is 5.59. The average molecular weight is 448 g/mol. The smallest absolute Gasteiger partial charge is 0.311 e. The van der Waals surface area contributed by atoms with E-state index in [-0.39, 0.29) is 17.2 Å². The molecule has 10 heteroatoms. The van der Waals surface area contributed by atoms with Crippen LogP contribution in [0.5, 0.6) is 11.5 Å². The third-order valence-electron chi connectivity index (χ3n) is 3.80. The highest BCUT2D eigenvalue weighted by atomic mass is 79.9. The molecule has 0 spiro atoms. The maximum atomic E-state index is 12.2. The number of nitro groups is 1. The molecule has 0 fully saturated rings. The van der Waals surface area contributed by atoms with Crippen molar-refractivity contribution in [3.05, 3.63) is 62.3 Å². The zero-order valence-electron chi connectivity index (χ0n) is 14.8. The molecule has 1 aromatic heterocycles. The van der Waals surface area contributed by atoms with Gasteiger partial charge in [0.2, 0.25) is 5.75 Å². The molecule has 0 unspecified atom stereocenters. The van der Waals surface area contributed by atoms with Crippen molar-refractivity contribution in [1.29, 1.82) is 0 Å². The van der Waals surface area contributed by atoms with Gasteiger partial charge in [0.1, 0.15) is 11.3 Å². The Morgan fingerprint density at radius 1 is 1.21 bits per heavy atom. The summed E-state index contributed by atoms with van der Waals surface area (Å²) in [6.07, 6.45) is 1.24. The predicted molar refractivity (Wildman–Crippen MR) is 105 cm³/mol. The van der Waals surface area contributed by atoms with Crippen molar-refractivity contribution < 1.29 is 23.6 Å². The van der Waals surface area contributed by atoms with Gasteiger partial charge in [0.15, 0.2) is 5.76 Å². The summed E-state index contributed by atoms with van der Waals surface area (Å²) in [6, 6.07) is 9.56. The van der Waals surface area contributed by atoms with Gasteiger partial charge < -0.3 is 13.9 Å². The van der Waals surface area contributed by atoms with Crippen LogP contribution >= 0.6 is 15.9 Å². The summed E-state index contributed by atoms with van der Waals surface area (Å²) in [7, 11) is 2.73. The summed E-state index contributed by atoms with van der Waals surface area (Å²) in [5.74, 6) is -0.131. The van der Waals surface area contributed by atoms with E-state index >= 15 is 0 Å². The van der Waals surface area contributed by atoms with Crippen LogP contribution in [0, 0.1) is 10.1 Å². The number of ether oxygens (including phenoxy) is 2. The number of furan rings is 1. The highest BCUT2D eigenvalue weighted by Crippen LogP contribution is 2.33. The lowest BCUT2D eigenvalue weighted by Crippen LogP contribution is -2.16. The van der Waals surface area contributed by atoms with E-state index < -0.39 is 10.8 Å². The summed E-state index contributed by atoms with van der Waals surface area (Å²) in [5, 5.41) is 15.8. The first-order valence-electron chi connectivity index (χ1n) is 7.86. The molecular formula is C18H14BrN3O6. The zero-order chi connectivity index (χ0) is 20.3. The van der Waals surface area contributed by atoms with Gasteiger partial charge >= 0.3 is 11.6 Å². The lowest BCUT2D eigenvalue weighted by atomic mass is 10.1. The number of hydrazone groups is 1. The minimum atomic E-state index is -0.583. The Balaban J connectivity index is 1.82. The highest BCUT2D eigenvalue weighted by molar-refractivity contribution is 9.10. The number of nitro benzene ring substituents is 1.